The monoisotopic (exact) mass is 542 g/mol. The number of benzene rings is 1. The number of ketones is 1. The van der Waals surface area contributed by atoms with Gasteiger partial charge in [-0.05, 0) is 48.6 Å². The number of hydrogen-bond donors (Lipinski definition) is 0. The van der Waals surface area contributed by atoms with Gasteiger partial charge in [-0.3, -0.25) is 24.4 Å². The van der Waals surface area contributed by atoms with Crippen LogP contribution in [-0.4, -0.2) is 97.4 Å². The number of nitrogens with zero attached hydrogens (tertiary/aromatic N) is 4. The van der Waals surface area contributed by atoms with Gasteiger partial charge in [-0.15, -0.1) is 0 Å². The summed E-state index contributed by atoms with van der Waals surface area (Å²) in [7, 11) is 1.74. The highest BCUT2D eigenvalue weighted by Crippen LogP contribution is 2.40. The molecule has 0 bridgehead atoms. The lowest BCUT2D eigenvalue weighted by atomic mass is 9.93. The molecular formula is C32H38N4O4. The summed E-state index contributed by atoms with van der Waals surface area (Å²) in [6.07, 6.45) is 6.88. The summed E-state index contributed by atoms with van der Waals surface area (Å²) in [6.45, 7) is 7.42. The van der Waals surface area contributed by atoms with Crippen molar-refractivity contribution in [2.45, 2.75) is 31.6 Å². The molecule has 0 N–H and O–H groups in total. The Morgan fingerprint density at radius 1 is 0.975 bits per heavy atom. The Morgan fingerprint density at radius 2 is 1.77 bits per heavy atom. The van der Waals surface area contributed by atoms with Crippen LogP contribution in [0.25, 0.3) is 22.5 Å². The van der Waals surface area contributed by atoms with E-state index in [1.54, 1.807) is 19.5 Å². The number of ether oxygens (including phenoxy) is 1. The number of methoxy groups -OCH3 is 1. The summed E-state index contributed by atoms with van der Waals surface area (Å²) in [5.41, 5.74) is 5.01. The molecule has 3 aliphatic rings. The Balaban J connectivity index is 1.18. The van der Waals surface area contributed by atoms with Crippen molar-refractivity contribution in [3.05, 3.63) is 65.7 Å². The van der Waals surface area contributed by atoms with E-state index in [9.17, 15) is 9.59 Å². The number of carbonyl (C=O) groups is 2. The molecule has 1 amide bonds. The Labute approximate surface area is 235 Å². The van der Waals surface area contributed by atoms with Crippen LogP contribution in [0.2, 0.25) is 0 Å². The van der Waals surface area contributed by atoms with Crippen LogP contribution in [0.3, 0.4) is 0 Å². The largest absolute Gasteiger partial charge is 0.460 e. The second-order valence-corrected chi connectivity index (χ2v) is 11.2. The van der Waals surface area contributed by atoms with Crippen LogP contribution >= 0.6 is 0 Å². The third-order valence-corrected chi connectivity index (χ3v) is 8.64. The lowest BCUT2D eigenvalue weighted by Gasteiger charge is -2.37. The van der Waals surface area contributed by atoms with Crippen LogP contribution < -0.4 is 0 Å². The zero-order valence-corrected chi connectivity index (χ0v) is 23.3. The van der Waals surface area contributed by atoms with Crippen molar-refractivity contribution in [3.63, 3.8) is 0 Å². The molecule has 210 valence electrons. The standard InChI is InChI=1S/C32H38N4O4/c1-39-18-17-34-13-15-35(16-14-34)22-31(38)36-12-2-3-26(21-36)30-20-28(32(40-30)23-8-10-33-11-9-23)25-4-6-27-24(19-25)5-7-29(27)37/h4,6,8-11,19-20,26H,2-3,5,7,12-18,21-22H2,1H3. The molecule has 6 rings (SSSR count). The van der Waals surface area contributed by atoms with Gasteiger partial charge in [0.05, 0.1) is 13.2 Å². The zero-order valence-electron chi connectivity index (χ0n) is 23.3. The van der Waals surface area contributed by atoms with Crippen molar-refractivity contribution in [3.8, 4) is 22.5 Å². The number of amides is 1. The number of fused-ring (bicyclic) bond motifs is 1. The minimum absolute atomic E-state index is 0.147. The summed E-state index contributed by atoms with van der Waals surface area (Å²) < 4.78 is 11.8. The van der Waals surface area contributed by atoms with E-state index in [0.29, 0.717) is 19.5 Å². The van der Waals surface area contributed by atoms with E-state index in [2.05, 4.69) is 26.9 Å². The van der Waals surface area contributed by atoms with Crippen LogP contribution in [0, 0.1) is 0 Å². The molecule has 0 spiro atoms. The summed E-state index contributed by atoms with van der Waals surface area (Å²) in [6, 6.07) is 12.2. The van der Waals surface area contributed by atoms with Crippen molar-refractivity contribution in [1.29, 1.82) is 0 Å². The summed E-state index contributed by atoms with van der Waals surface area (Å²) in [5.74, 6) is 2.32. The van der Waals surface area contributed by atoms with E-state index < -0.39 is 0 Å². The van der Waals surface area contributed by atoms with Gasteiger partial charge in [-0.25, -0.2) is 0 Å². The second-order valence-electron chi connectivity index (χ2n) is 11.2. The van der Waals surface area contributed by atoms with Crippen molar-refractivity contribution in [2.75, 3.05) is 66.1 Å². The fourth-order valence-electron chi connectivity index (χ4n) is 6.28. The molecule has 2 fully saturated rings. The molecule has 4 heterocycles. The number of hydrogen-bond acceptors (Lipinski definition) is 7. The maximum Gasteiger partial charge on any atom is 0.236 e. The normalized spacial score (nSPS) is 20.2. The van der Waals surface area contributed by atoms with E-state index in [0.717, 1.165) is 104 Å². The van der Waals surface area contributed by atoms with Crippen molar-refractivity contribution in [2.24, 2.45) is 0 Å². The van der Waals surface area contributed by atoms with Gasteiger partial charge in [-0.1, -0.05) is 18.2 Å². The van der Waals surface area contributed by atoms with Crippen LogP contribution in [0.5, 0.6) is 0 Å². The van der Waals surface area contributed by atoms with E-state index in [1.807, 2.05) is 29.2 Å². The Hall–Kier alpha value is -3.33. The Bertz CT molecular complexity index is 1350. The fourth-order valence-corrected chi connectivity index (χ4v) is 6.28. The predicted molar refractivity (Wildman–Crippen MR) is 153 cm³/mol. The number of likely N-dealkylation sites (tertiary alicyclic amines) is 1. The summed E-state index contributed by atoms with van der Waals surface area (Å²) in [5, 5.41) is 0. The highest BCUT2D eigenvalue weighted by atomic mass is 16.5. The Kier molecular flexibility index (Phi) is 8.09. The molecule has 0 saturated carbocycles. The summed E-state index contributed by atoms with van der Waals surface area (Å²) in [4.78, 5) is 36.4. The maximum absolute atomic E-state index is 13.3. The molecule has 3 aromatic rings. The quantitative estimate of drug-likeness (QED) is 0.424. The minimum Gasteiger partial charge on any atom is -0.460 e. The van der Waals surface area contributed by atoms with E-state index in [-0.39, 0.29) is 17.6 Å². The van der Waals surface area contributed by atoms with Gasteiger partial charge in [0, 0.05) is 94.3 Å². The topological polar surface area (TPSA) is 79.1 Å². The first-order valence-electron chi connectivity index (χ1n) is 14.5. The van der Waals surface area contributed by atoms with Gasteiger partial charge >= 0.3 is 0 Å². The molecule has 1 aliphatic carbocycles. The number of carbonyl (C=O) groups excluding carboxylic acids is 2. The highest BCUT2D eigenvalue weighted by molar-refractivity contribution is 6.01. The number of rotatable bonds is 8. The SMILES string of the molecule is COCCN1CCN(CC(=O)N2CCCC(c3cc(-c4ccc5c(c4)CCC5=O)c(-c4ccncc4)o3)C2)CC1. The number of aryl methyl sites for hydroxylation is 1. The Morgan fingerprint density at radius 3 is 2.58 bits per heavy atom. The second kappa shape index (κ2) is 12.0. The number of piperazine rings is 1. The first kappa shape index (κ1) is 26.9. The van der Waals surface area contributed by atoms with Gasteiger partial charge in [0.15, 0.2) is 5.78 Å². The molecule has 1 unspecified atom stereocenters. The van der Waals surface area contributed by atoms with Gasteiger partial charge in [0.25, 0.3) is 0 Å². The molecule has 8 heteroatoms. The van der Waals surface area contributed by atoms with E-state index in [1.165, 1.54) is 0 Å². The lowest BCUT2D eigenvalue weighted by Crippen LogP contribution is -2.51. The first-order valence-corrected chi connectivity index (χ1v) is 14.5. The number of piperidine rings is 1. The van der Waals surface area contributed by atoms with Crippen LogP contribution in [0.4, 0.5) is 0 Å². The van der Waals surface area contributed by atoms with Crippen molar-refractivity contribution >= 4 is 11.7 Å². The molecule has 1 aromatic carbocycles. The average Bonchev–Trinajstić information content (AvgIpc) is 3.61. The minimum atomic E-state index is 0.147. The number of aromatic nitrogens is 1. The van der Waals surface area contributed by atoms with Crippen LogP contribution in [0.1, 0.15) is 46.9 Å². The molecule has 40 heavy (non-hydrogen) atoms. The highest BCUT2D eigenvalue weighted by Gasteiger charge is 2.30. The molecule has 0 radical (unpaired) electrons. The third kappa shape index (κ3) is 5.75. The molecule has 2 saturated heterocycles. The van der Waals surface area contributed by atoms with Crippen LogP contribution in [0.15, 0.2) is 53.2 Å². The van der Waals surface area contributed by atoms with Crippen molar-refractivity contribution in [1.82, 2.24) is 19.7 Å². The third-order valence-electron chi connectivity index (χ3n) is 8.64. The smallest absolute Gasteiger partial charge is 0.236 e. The van der Waals surface area contributed by atoms with E-state index >= 15 is 0 Å². The van der Waals surface area contributed by atoms with Gasteiger partial charge in [0.1, 0.15) is 11.5 Å². The number of pyridine rings is 1. The van der Waals surface area contributed by atoms with Crippen molar-refractivity contribution < 1.29 is 18.7 Å². The predicted octanol–water partition coefficient (Wildman–Crippen LogP) is 4.11. The molecule has 2 aliphatic heterocycles. The van der Waals surface area contributed by atoms with Gasteiger partial charge in [0.2, 0.25) is 5.91 Å². The molecule has 1 atom stereocenters. The van der Waals surface area contributed by atoms with Gasteiger partial charge in [-0.2, -0.15) is 0 Å². The molecular weight excluding hydrogens is 504 g/mol. The zero-order chi connectivity index (χ0) is 27.5. The molecule has 8 nitrogen and oxygen atoms in total. The maximum atomic E-state index is 13.3. The van der Waals surface area contributed by atoms with Gasteiger partial charge < -0.3 is 14.1 Å². The average molecular weight is 543 g/mol. The molecule has 2 aromatic heterocycles. The van der Waals surface area contributed by atoms with E-state index in [4.69, 9.17) is 9.15 Å². The number of furan rings is 1. The first-order chi connectivity index (χ1) is 19.6. The summed E-state index contributed by atoms with van der Waals surface area (Å²) >= 11 is 0. The lowest BCUT2D eigenvalue weighted by molar-refractivity contribution is -0.134. The van der Waals surface area contributed by atoms with Crippen LogP contribution in [-0.2, 0) is 16.0 Å². The number of Topliss-reactive ketones (excluding diaryl/α,β-unsaturated/α-hetero) is 1. The fraction of sp³-hybridized carbons (Fsp3) is 0.469.